The van der Waals surface area contributed by atoms with E-state index in [2.05, 4.69) is 20.8 Å². The molecule has 0 spiro atoms. The maximum absolute atomic E-state index is 12.4. The Morgan fingerprint density at radius 2 is 1.68 bits per heavy atom. The van der Waals surface area contributed by atoms with Crippen LogP contribution in [0.25, 0.3) is 0 Å². The molecule has 1 aliphatic rings. The van der Waals surface area contributed by atoms with E-state index < -0.39 is 11.9 Å². The standard InChI is InChI=1S/C20H24N4O5S2/c1-28-17(26)12-8-13(18(27)29-2)10-15(9-12)21-16(25)11-30-20-24-23-19(31-20)22-14-6-4-3-5-7-14/h8-10,14H,3-7,11H2,1-2H3,(H,21,25)(H,22,23). The number of carbonyl (C=O) groups is 3. The molecule has 0 aliphatic heterocycles. The number of aromatic nitrogens is 2. The average molecular weight is 465 g/mol. The van der Waals surface area contributed by atoms with Crippen LogP contribution in [0.5, 0.6) is 0 Å². The van der Waals surface area contributed by atoms with E-state index in [0.717, 1.165) is 18.0 Å². The first-order valence-electron chi connectivity index (χ1n) is 9.83. The molecule has 3 rings (SSSR count). The van der Waals surface area contributed by atoms with Crippen LogP contribution in [0.1, 0.15) is 52.8 Å². The third-order valence-electron chi connectivity index (χ3n) is 4.72. The van der Waals surface area contributed by atoms with Crippen molar-refractivity contribution in [2.45, 2.75) is 42.5 Å². The van der Waals surface area contributed by atoms with E-state index in [-0.39, 0.29) is 22.8 Å². The van der Waals surface area contributed by atoms with Gasteiger partial charge in [-0.1, -0.05) is 42.4 Å². The minimum atomic E-state index is -0.623. The first-order valence-corrected chi connectivity index (χ1v) is 11.6. The van der Waals surface area contributed by atoms with Crippen molar-refractivity contribution >= 4 is 51.8 Å². The number of thioether (sulfide) groups is 1. The van der Waals surface area contributed by atoms with Gasteiger partial charge in [0.05, 0.1) is 31.1 Å². The number of methoxy groups -OCH3 is 2. The third-order valence-corrected chi connectivity index (χ3v) is 6.71. The van der Waals surface area contributed by atoms with E-state index in [1.54, 1.807) is 0 Å². The summed E-state index contributed by atoms with van der Waals surface area (Å²) >= 11 is 2.69. The van der Waals surface area contributed by atoms with Crippen molar-refractivity contribution in [1.82, 2.24) is 10.2 Å². The fraction of sp³-hybridized carbons (Fsp3) is 0.450. The molecule has 31 heavy (non-hydrogen) atoms. The van der Waals surface area contributed by atoms with Crippen molar-refractivity contribution < 1.29 is 23.9 Å². The van der Waals surface area contributed by atoms with Crippen LogP contribution in [0.15, 0.2) is 22.5 Å². The molecule has 1 amide bonds. The van der Waals surface area contributed by atoms with Gasteiger partial charge in [0.1, 0.15) is 0 Å². The molecule has 1 fully saturated rings. The van der Waals surface area contributed by atoms with Crippen molar-refractivity contribution in [1.29, 1.82) is 0 Å². The second-order valence-corrected chi connectivity index (χ2v) is 9.17. The second-order valence-electron chi connectivity index (χ2n) is 6.97. The van der Waals surface area contributed by atoms with E-state index in [9.17, 15) is 14.4 Å². The van der Waals surface area contributed by atoms with Gasteiger partial charge in [-0.3, -0.25) is 4.79 Å². The Labute approximate surface area is 188 Å². The van der Waals surface area contributed by atoms with Gasteiger partial charge in [0.25, 0.3) is 0 Å². The average Bonchev–Trinajstić information content (AvgIpc) is 3.24. The normalized spacial score (nSPS) is 14.0. The summed E-state index contributed by atoms with van der Waals surface area (Å²) in [5.41, 5.74) is 0.567. The number of esters is 2. The van der Waals surface area contributed by atoms with Gasteiger partial charge in [-0.2, -0.15) is 0 Å². The number of benzene rings is 1. The summed E-state index contributed by atoms with van der Waals surface area (Å²) in [6.45, 7) is 0. The lowest BCUT2D eigenvalue weighted by Gasteiger charge is -2.21. The van der Waals surface area contributed by atoms with Crippen molar-refractivity contribution in [3.05, 3.63) is 29.3 Å². The fourth-order valence-electron chi connectivity index (χ4n) is 3.24. The maximum Gasteiger partial charge on any atom is 0.337 e. The molecule has 9 nitrogen and oxygen atoms in total. The number of hydrogen-bond donors (Lipinski definition) is 2. The highest BCUT2D eigenvalue weighted by atomic mass is 32.2. The van der Waals surface area contributed by atoms with Crippen LogP contribution >= 0.6 is 23.1 Å². The van der Waals surface area contributed by atoms with Crippen molar-refractivity contribution in [2.24, 2.45) is 0 Å². The molecule has 0 saturated heterocycles. The van der Waals surface area contributed by atoms with Gasteiger partial charge in [0, 0.05) is 11.7 Å². The molecule has 0 radical (unpaired) electrons. The van der Waals surface area contributed by atoms with Crippen LogP contribution in [0.3, 0.4) is 0 Å². The fourth-order valence-corrected chi connectivity index (χ4v) is 4.87. The van der Waals surface area contributed by atoms with Crippen LogP contribution in [0, 0.1) is 0 Å². The van der Waals surface area contributed by atoms with Gasteiger partial charge in [-0.05, 0) is 31.0 Å². The van der Waals surface area contributed by atoms with Crippen molar-refractivity contribution in [2.75, 3.05) is 30.6 Å². The van der Waals surface area contributed by atoms with Gasteiger partial charge < -0.3 is 20.1 Å². The number of carbonyl (C=O) groups excluding carboxylic acids is 3. The van der Waals surface area contributed by atoms with Gasteiger partial charge in [-0.25, -0.2) is 9.59 Å². The Hall–Kier alpha value is -2.66. The highest BCUT2D eigenvalue weighted by molar-refractivity contribution is 8.01. The van der Waals surface area contributed by atoms with Crippen LogP contribution in [-0.2, 0) is 14.3 Å². The van der Waals surface area contributed by atoms with Gasteiger partial charge in [-0.15, -0.1) is 10.2 Å². The largest absolute Gasteiger partial charge is 0.465 e. The minimum Gasteiger partial charge on any atom is -0.465 e. The van der Waals surface area contributed by atoms with E-state index >= 15 is 0 Å². The summed E-state index contributed by atoms with van der Waals surface area (Å²) in [6, 6.07) is 4.68. The van der Waals surface area contributed by atoms with E-state index in [4.69, 9.17) is 9.47 Å². The number of rotatable bonds is 8. The topological polar surface area (TPSA) is 120 Å². The first kappa shape index (κ1) is 23.0. The molecule has 11 heteroatoms. The summed E-state index contributed by atoms with van der Waals surface area (Å²) in [5.74, 6) is -1.45. The summed E-state index contributed by atoms with van der Waals surface area (Å²) in [5, 5.41) is 15.2. The molecule has 1 heterocycles. The first-order chi connectivity index (χ1) is 15.0. The van der Waals surface area contributed by atoms with Crippen LogP contribution < -0.4 is 10.6 Å². The Balaban J connectivity index is 1.58. The lowest BCUT2D eigenvalue weighted by molar-refractivity contribution is -0.113. The summed E-state index contributed by atoms with van der Waals surface area (Å²) < 4.78 is 10.1. The van der Waals surface area contributed by atoms with Crippen molar-refractivity contribution in [3.8, 4) is 0 Å². The Morgan fingerprint density at radius 3 is 2.29 bits per heavy atom. The zero-order valence-corrected chi connectivity index (χ0v) is 18.9. The Kier molecular flexibility index (Phi) is 8.24. The second kappa shape index (κ2) is 11.1. The third kappa shape index (κ3) is 6.66. The van der Waals surface area contributed by atoms with E-state index in [0.29, 0.717) is 16.1 Å². The number of hydrogen-bond acceptors (Lipinski definition) is 10. The van der Waals surface area contributed by atoms with Crippen LogP contribution in [-0.4, -0.2) is 54.1 Å². The predicted molar refractivity (Wildman–Crippen MR) is 119 cm³/mol. The van der Waals surface area contributed by atoms with E-state index in [1.807, 2.05) is 0 Å². The number of nitrogens with one attached hydrogen (secondary N) is 2. The summed E-state index contributed by atoms with van der Waals surface area (Å²) in [7, 11) is 2.48. The molecule has 2 aromatic rings. The van der Waals surface area contributed by atoms with Gasteiger partial charge >= 0.3 is 11.9 Å². The molecular weight excluding hydrogens is 440 g/mol. The molecule has 0 unspecified atom stereocenters. The number of nitrogens with zero attached hydrogens (tertiary/aromatic N) is 2. The maximum atomic E-state index is 12.4. The highest BCUT2D eigenvalue weighted by Crippen LogP contribution is 2.28. The Morgan fingerprint density at radius 1 is 1.03 bits per heavy atom. The monoisotopic (exact) mass is 464 g/mol. The molecule has 166 valence electrons. The summed E-state index contributed by atoms with van der Waals surface area (Å²) in [6.07, 6.45) is 6.03. The lowest BCUT2D eigenvalue weighted by atomic mass is 9.96. The number of anilines is 2. The van der Waals surface area contributed by atoms with Crippen LogP contribution in [0.4, 0.5) is 10.8 Å². The number of ether oxygens (including phenoxy) is 2. The smallest absolute Gasteiger partial charge is 0.337 e. The van der Waals surface area contributed by atoms with Crippen LogP contribution in [0.2, 0.25) is 0 Å². The van der Waals surface area contributed by atoms with Gasteiger partial charge in [0.15, 0.2) is 4.34 Å². The molecule has 2 N–H and O–H groups in total. The molecule has 0 bridgehead atoms. The zero-order chi connectivity index (χ0) is 22.2. The molecule has 1 aromatic heterocycles. The minimum absolute atomic E-state index is 0.105. The van der Waals surface area contributed by atoms with Gasteiger partial charge in [0.2, 0.25) is 11.0 Å². The molecule has 1 aliphatic carbocycles. The van der Waals surface area contributed by atoms with Crippen molar-refractivity contribution in [3.63, 3.8) is 0 Å². The summed E-state index contributed by atoms with van der Waals surface area (Å²) in [4.78, 5) is 36.1. The molecule has 1 saturated carbocycles. The quantitative estimate of drug-likeness (QED) is 0.446. The molecule has 0 atom stereocenters. The molecular formula is C20H24N4O5S2. The SMILES string of the molecule is COC(=O)c1cc(NC(=O)CSc2nnc(NC3CCCCC3)s2)cc(C(=O)OC)c1. The number of amides is 1. The lowest BCUT2D eigenvalue weighted by Crippen LogP contribution is -2.21. The van der Waals surface area contributed by atoms with E-state index in [1.165, 1.54) is 74.8 Å². The molecule has 1 aromatic carbocycles. The predicted octanol–water partition coefficient (Wildman–Crippen LogP) is 3.59. The highest BCUT2D eigenvalue weighted by Gasteiger charge is 2.17. The zero-order valence-electron chi connectivity index (χ0n) is 17.3. The Bertz CT molecular complexity index is 909.